The standard InChI is InChI=1S/C24H23FN4O3/c1-13(2)21(28-23(31)17-7-5-6-8-18(17)24(28)32)22(30)26-16-9-10-20(19(25)12-16)29-15(4)11-14(3)27-29/h5-13,21H,1-4H3,(H,26,30). The van der Waals surface area contributed by atoms with E-state index in [1.165, 1.54) is 16.8 Å². The second kappa shape index (κ2) is 8.03. The third-order valence-electron chi connectivity index (χ3n) is 5.46. The minimum absolute atomic E-state index is 0.222. The molecule has 3 amide bonds. The van der Waals surface area contributed by atoms with Crippen molar-refractivity contribution in [2.45, 2.75) is 33.7 Å². The largest absolute Gasteiger partial charge is 0.324 e. The van der Waals surface area contributed by atoms with Crippen LogP contribution < -0.4 is 5.32 Å². The zero-order chi connectivity index (χ0) is 23.2. The highest BCUT2D eigenvalue weighted by Crippen LogP contribution is 2.28. The number of aromatic nitrogens is 2. The number of rotatable bonds is 5. The number of aryl methyl sites for hydroxylation is 2. The van der Waals surface area contributed by atoms with Crippen LogP contribution in [0.25, 0.3) is 5.69 Å². The molecule has 0 bridgehead atoms. The molecule has 1 N–H and O–H groups in total. The zero-order valence-electron chi connectivity index (χ0n) is 18.2. The van der Waals surface area contributed by atoms with E-state index < -0.39 is 29.6 Å². The molecule has 0 fully saturated rings. The number of hydrogen-bond acceptors (Lipinski definition) is 4. The van der Waals surface area contributed by atoms with Gasteiger partial charge in [0.2, 0.25) is 5.91 Å². The minimum Gasteiger partial charge on any atom is -0.324 e. The van der Waals surface area contributed by atoms with Gasteiger partial charge in [-0.1, -0.05) is 26.0 Å². The molecule has 0 aliphatic carbocycles. The van der Waals surface area contributed by atoms with Crippen LogP contribution in [0.3, 0.4) is 0 Å². The topological polar surface area (TPSA) is 84.3 Å². The van der Waals surface area contributed by atoms with Gasteiger partial charge in [-0.25, -0.2) is 9.07 Å². The normalized spacial score (nSPS) is 14.1. The molecular formula is C24H23FN4O3. The van der Waals surface area contributed by atoms with E-state index in [9.17, 15) is 18.8 Å². The van der Waals surface area contributed by atoms with Gasteiger partial charge in [0.05, 0.1) is 16.8 Å². The van der Waals surface area contributed by atoms with Crippen molar-refractivity contribution in [3.05, 3.63) is 76.9 Å². The number of amides is 3. The minimum atomic E-state index is -1.04. The molecule has 8 heteroatoms. The fourth-order valence-electron chi connectivity index (χ4n) is 4.02. The molecule has 0 saturated carbocycles. The number of nitrogens with one attached hydrogen (secondary N) is 1. The van der Waals surface area contributed by atoms with Crippen molar-refractivity contribution in [1.29, 1.82) is 0 Å². The van der Waals surface area contributed by atoms with Crippen LogP contribution >= 0.6 is 0 Å². The maximum absolute atomic E-state index is 14.8. The molecule has 7 nitrogen and oxygen atoms in total. The first-order valence-corrected chi connectivity index (χ1v) is 10.3. The molecular weight excluding hydrogens is 411 g/mol. The highest BCUT2D eigenvalue weighted by Gasteiger charge is 2.43. The lowest BCUT2D eigenvalue weighted by Crippen LogP contribution is -2.50. The lowest BCUT2D eigenvalue weighted by molar-refractivity contribution is -0.121. The summed E-state index contributed by atoms with van der Waals surface area (Å²) in [4.78, 5) is 39.8. The third kappa shape index (κ3) is 3.57. The van der Waals surface area contributed by atoms with Crippen molar-refractivity contribution in [2.75, 3.05) is 5.32 Å². The number of carbonyl (C=O) groups excluding carboxylic acids is 3. The van der Waals surface area contributed by atoms with Crippen LogP contribution in [-0.2, 0) is 4.79 Å². The number of benzene rings is 2. The number of carbonyl (C=O) groups is 3. The second-order valence-corrected chi connectivity index (χ2v) is 8.21. The SMILES string of the molecule is Cc1cc(C)n(-c2ccc(NC(=O)C(C(C)C)N3C(=O)c4ccccc4C3=O)cc2F)n1. The van der Waals surface area contributed by atoms with Crippen molar-refractivity contribution in [2.24, 2.45) is 5.92 Å². The van der Waals surface area contributed by atoms with Gasteiger partial charge < -0.3 is 5.32 Å². The Morgan fingerprint density at radius 2 is 1.62 bits per heavy atom. The molecule has 1 aliphatic heterocycles. The smallest absolute Gasteiger partial charge is 0.262 e. The number of anilines is 1. The summed E-state index contributed by atoms with van der Waals surface area (Å²) in [6, 6.07) is 11.6. The Bertz CT molecular complexity index is 1210. The Balaban J connectivity index is 1.60. The number of nitrogens with zero attached hydrogens (tertiary/aromatic N) is 3. The van der Waals surface area contributed by atoms with Gasteiger partial charge in [0, 0.05) is 11.4 Å². The van der Waals surface area contributed by atoms with Crippen LogP contribution in [0.1, 0.15) is 46.0 Å². The number of imide groups is 1. The average molecular weight is 434 g/mol. The van der Waals surface area contributed by atoms with Gasteiger partial charge in [-0.3, -0.25) is 19.3 Å². The second-order valence-electron chi connectivity index (χ2n) is 8.21. The van der Waals surface area contributed by atoms with Crippen LogP contribution in [0.5, 0.6) is 0 Å². The lowest BCUT2D eigenvalue weighted by Gasteiger charge is -2.28. The van der Waals surface area contributed by atoms with Crippen molar-refractivity contribution in [1.82, 2.24) is 14.7 Å². The van der Waals surface area contributed by atoms with E-state index in [4.69, 9.17) is 0 Å². The fourth-order valence-corrected chi connectivity index (χ4v) is 4.02. The maximum atomic E-state index is 14.8. The highest BCUT2D eigenvalue weighted by atomic mass is 19.1. The predicted molar refractivity (Wildman–Crippen MR) is 117 cm³/mol. The predicted octanol–water partition coefficient (Wildman–Crippen LogP) is 3.89. The van der Waals surface area contributed by atoms with Gasteiger partial charge in [-0.2, -0.15) is 5.10 Å². The summed E-state index contributed by atoms with van der Waals surface area (Å²) in [7, 11) is 0. The first kappa shape index (κ1) is 21.4. The summed E-state index contributed by atoms with van der Waals surface area (Å²) in [5.74, 6) is -2.49. The maximum Gasteiger partial charge on any atom is 0.262 e. The number of hydrogen-bond donors (Lipinski definition) is 1. The van der Waals surface area contributed by atoms with Crippen molar-refractivity contribution < 1.29 is 18.8 Å². The first-order valence-electron chi connectivity index (χ1n) is 10.3. The molecule has 0 spiro atoms. The summed E-state index contributed by atoms with van der Waals surface area (Å²) < 4.78 is 16.3. The van der Waals surface area contributed by atoms with Crippen LogP contribution in [-0.4, -0.2) is 38.4 Å². The van der Waals surface area contributed by atoms with Gasteiger partial charge in [0.15, 0.2) is 5.82 Å². The number of halogens is 1. The molecule has 1 aromatic heterocycles. The van der Waals surface area contributed by atoms with Crippen LogP contribution in [0.15, 0.2) is 48.5 Å². The van der Waals surface area contributed by atoms with Gasteiger partial charge in [-0.15, -0.1) is 0 Å². The van der Waals surface area contributed by atoms with E-state index in [0.717, 1.165) is 16.3 Å². The number of fused-ring (bicyclic) bond motifs is 1. The molecule has 1 aliphatic rings. The van der Waals surface area contributed by atoms with E-state index in [2.05, 4.69) is 10.4 Å². The Kier molecular flexibility index (Phi) is 5.38. The van der Waals surface area contributed by atoms with E-state index in [-0.39, 0.29) is 28.4 Å². The summed E-state index contributed by atoms with van der Waals surface area (Å²) in [5.41, 5.74) is 2.57. The molecule has 164 valence electrons. The molecule has 3 aromatic rings. The summed E-state index contributed by atoms with van der Waals surface area (Å²) >= 11 is 0. The van der Waals surface area contributed by atoms with E-state index >= 15 is 0 Å². The third-order valence-corrected chi connectivity index (χ3v) is 5.46. The van der Waals surface area contributed by atoms with Gasteiger partial charge >= 0.3 is 0 Å². The Morgan fingerprint density at radius 3 is 2.12 bits per heavy atom. The Labute approximate surface area is 184 Å². The lowest BCUT2D eigenvalue weighted by atomic mass is 10.0. The molecule has 1 atom stereocenters. The Morgan fingerprint density at radius 1 is 1.00 bits per heavy atom. The summed E-state index contributed by atoms with van der Waals surface area (Å²) in [6.45, 7) is 7.15. The van der Waals surface area contributed by atoms with Crippen molar-refractivity contribution >= 4 is 23.4 Å². The quantitative estimate of drug-likeness (QED) is 0.618. The molecule has 1 unspecified atom stereocenters. The van der Waals surface area contributed by atoms with E-state index in [1.54, 1.807) is 44.2 Å². The first-order chi connectivity index (χ1) is 15.2. The zero-order valence-corrected chi connectivity index (χ0v) is 18.2. The summed E-state index contributed by atoms with van der Waals surface area (Å²) in [5, 5.41) is 6.93. The van der Waals surface area contributed by atoms with Crippen LogP contribution in [0.2, 0.25) is 0 Å². The van der Waals surface area contributed by atoms with Crippen LogP contribution in [0, 0.1) is 25.6 Å². The summed E-state index contributed by atoms with van der Waals surface area (Å²) in [6.07, 6.45) is 0. The van der Waals surface area contributed by atoms with Gasteiger partial charge in [0.1, 0.15) is 11.7 Å². The highest BCUT2D eigenvalue weighted by molar-refractivity contribution is 6.23. The average Bonchev–Trinajstić information content (AvgIpc) is 3.19. The van der Waals surface area contributed by atoms with Gasteiger partial charge in [0.25, 0.3) is 11.8 Å². The van der Waals surface area contributed by atoms with Crippen molar-refractivity contribution in [3.63, 3.8) is 0 Å². The molecule has 4 rings (SSSR count). The van der Waals surface area contributed by atoms with Crippen molar-refractivity contribution in [3.8, 4) is 5.69 Å². The molecule has 2 aromatic carbocycles. The fraction of sp³-hybridized carbons (Fsp3) is 0.250. The molecule has 0 radical (unpaired) electrons. The molecule has 0 saturated heterocycles. The Hall–Kier alpha value is -3.81. The van der Waals surface area contributed by atoms with Gasteiger partial charge in [-0.05, 0) is 56.2 Å². The molecule has 32 heavy (non-hydrogen) atoms. The van der Waals surface area contributed by atoms with E-state index in [1.807, 2.05) is 19.9 Å². The van der Waals surface area contributed by atoms with Crippen LogP contribution in [0.4, 0.5) is 10.1 Å². The monoisotopic (exact) mass is 434 g/mol. The molecule has 2 heterocycles. The van der Waals surface area contributed by atoms with E-state index in [0.29, 0.717) is 0 Å².